The molecule has 31 heavy (non-hydrogen) atoms. The smallest absolute Gasteiger partial charge is 0.221 e. The van der Waals surface area contributed by atoms with Crippen molar-refractivity contribution in [3.63, 3.8) is 0 Å². The number of nitrogens with one attached hydrogen (secondary N) is 2. The molecule has 0 amide bonds. The zero-order chi connectivity index (χ0) is 22.3. The fraction of sp³-hybridized carbons (Fsp3) is 0.227. The van der Waals surface area contributed by atoms with Crippen molar-refractivity contribution in [1.82, 2.24) is 9.71 Å². The zero-order valence-electron chi connectivity index (χ0n) is 17.5. The Balaban J connectivity index is 1.69. The molecule has 1 aromatic heterocycles. The standard InChI is InChI=1S/C22H26N4O4S/c1-24-31(27,28)15-17-5-9-20(10-6-17)30-22-12-18(13-23)11-21(26-22)25-14-16-3-7-19(29-2)8-4-16/h3-12,24H,13-15,23H2,1-2H3,(H,25,26). The molecule has 0 saturated carbocycles. The average molecular weight is 443 g/mol. The first-order valence-electron chi connectivity index (χ1n) is 9.66. The number of sulfonamides is 1. The summed E-state index contributed by atoms with van der Waals surface area (Å²) in [6.45, 7) is 0.927. The number of hydrogen-bond donors (Lipinski definition) is 3. The Kier molecular flexibility index (Phi) is 7.45. The molecule has 164 valence electrons. The summed E-state index contributed by atoms with van der Waals surface area (Å²) >= 11 is 0. The lowest BCUT2D eigenvalue weighted by Crippen LogP contribution is -2.20. The van der Waals surface area contributed by atoms with Gasteiger partial charge in [0.15, 0.2) is 0 Å². The van der Waals surface area contributed by atoms with Crippen LogP contribution in [-0.4, -0.2) is 27.6 Å². The summed E-state index contributed by atoms with van der Waals surface area (Å²) < 4.78 is 36.7. The minimum Gasteiger partial charge on any atom is -0.497 e. The first-order chi connectivity index (χ1) is 14.9. The van der Waals surface area contributed by atoms with E-state index in [2.05, 4.69) is 15.0 Å². The van der Waals surface area contributed by atoms with Crippen LogP contribution < -0.4 is 25.2 Å². The van der Waals surface area contributed by atoms with Gasteiger partial charge in [0.25, 0.3) is 0 Å². The van der Waals surface area contributed by atoms with Crippen LogP contribution in [0.5, 0.6) is 17.4 Å². The number of pyridine rings is 1. The molecule has 3 rings (SSSR count). The van der Waals surface area contributed by atoms with Gasteiger partial charge in [0.1, 0.15) is 17.3 Å². The van der Waals surface area contributed by atoms with Gasteiger partial charge in [0.2, 0.25) is 15.9 Å². The molecule has 0 radical (unpaired) electrons. The molecule has 0 aliphatic heterocycles. The van der Waals surface area contributed by atoms with E-state index < -0.39 is 10.0 Å². The van der Waals surface area contributed by atoms with Crippen LogP contribution >= 0.6 is 0 Å². The Morgan fingerprint density at radius 2 is 1.58 bits per heavy atom. The molecule has 1 heterocycles. The molecule has 0 saturated heterocycles. The van der Waals surface area contributed by atoms with Crippen molar-refractivity contribution in [2.75, 3.05) is 19.5 Å². The van der Waals surface area contributed by atoms with Crippen molar-refractivity contribution >= 4 is 15.8 Å². The van der Waals surface area contributed by atoms with Gasteiger partial charge >= 0.3 is 0 Å². The lowest BCUT2D eigenvalue weighted by molar-refractivity contribution is 0.414. The number of anilines is 1. The third-order valence-electron chi connectivity index (χ3n) is 4.54. The van der Waals surface area contributed by atoms with E-state index in [0.29, 0.717) is 36.1 Å². The van der Waals surface area contributed by atoms with Crippen molar-refractivity contribution in [3.8, 4) is 17.4 Å². The van der Waals surface area contributed by atoms with Gasteiger partial charge in [-0.3, -0.25) is 0 Å². The first kappa shape index (κ1) is 22.5. The molecular formula is C22H26N4O4S. The average Bonchev–Trinajstić information content (AvgIpc) is 2.79. The minimum atomic E-state index is -3.32. The Bertz CT molecular complexity index is 1100. The summed E-state index contributed by atoms with van der Waals surface area (Å²) in [6, 6.07) is 18.3. The largest absolute Gasteiger partial charge is 0.497 e. The molecule has 4 N–H and O–H groups in total. The van der Waals surface area contributed by atoms with E-state index in [-0.39, 0.29) is 5.75 Å². The lowest BCUT2D eigenvalue weighted by Gasteiger charge is -2.12. The number of nitrogens with zero attached hydrogens (tertiary/aromatic N) is 1. The molecule has 0 aliphatic rings. The van der Waals surface area contributed by atoms with E-state index in [0.717, 1.165) is 16.9 Å². The van der Waals surface area contributed by atoms with Gasteiger partial charge in [-0.25, -0.2) is 13.1 Å². The Morgan fingerprint density at radius 3 is 2.19 bits per heavy atom. The fourth-order valence-corrected chi connectivity index (χ4v) is 3.60. The van der Waals surface area contributed by atoms with Crippen molar-refractivity contribution < 1.29 is 17.9 Å². The quantitative estimate of drug-likeness (QED) is 0.442. The number of aromatic nitrogens is 1. The van der Waals surface area contributed by atoms with E-state index in [1.807, 2.05) is 30.3 Å². The molecule has 9 heteroatoms. The summed E-state index contributed by atoms with van der Waals surface area (Å²) in [6.07, 6.45) is 0. The third-order valence-corrected chi connectivity index (χ3v) is 5.88. The molecule has 0 bridgehead atoms. The van der Waals surface area contributed by atoms with Gasteiger partial charge < -0.3 is 20.5 Å². The molecular weight excluding hydrogens is 416 g/mol. The maximum absolute atomic E-state index is 11.7. The number of methoxy groups -OCH3 is 1. The Morgan fingerprint density at radius 1 is 0.935 bits per heavy atom. The van der Waals surface area contributed by atoms with Gasteiger partial charge in [-0.2, -0.15) is 4.98 Å². The van der Waals surface area contributed by atoms with Crippen LogP contribution in [0.4, 0.5) is 5.82 Å². The van der Waals surface area contributed by atoms with Crippen LogP contribution in [0.3, 0.4) is 0 Å². The number of nitrogens with two attached hydrogens (primary N) is 1. The van der Waals surface area contributed by atoms with E-state index in [1.165, 1.54) is 7.05 Å². The van der Waals surface area contributed by atoms with Crippen LogP contribution in [-0.2, 0) is 28.9 Å². The predicted octanol–water partition coefficient (Wildman–Crippen LogP) is 3.00. The lowest BCUT2D eigenvalue weighted by atomic mass is 10.2. The fourth-order valence-electron chi connectivity index (χ4n) is 2.82. The minimum absolute atomic E-state index is 0.0931. The van der Waals surface area contributed by atoms with Crippen molar-refractivity contribution in [3.05, 3.63) is 77.4 Å². The van der Waals surface area contributed by atoms with Crippen molar-refractivity contribution in [2.45, 2.75) is 18.8 Å². The van der Waals surface area contributed by atoms with Gasteiger partial charge in [0, 0.05) is 19.2 Å². The van der Waals surface area contributed by atoms with Crippen LogP contribution in [0, 0.1) is 0 Å². The highest BCUT2D eigenvalue weighted by Crippen LogP contribution is 2.24. The number of benzene rings is 2. The topological polar surface area (TPSA) is 116 Å². The summed E-state index contributed by atoms with van der Waals surface area (Å²) in [4.78, 5) is 4.50. The highest BCUT2D eigenvalue weighted by atomic mass is 32.2. The highest BCUT2D eigenvalue weighted by Gasteiger charge is 2.09. The summed E-state index contributed by atoms with van der Waals surface area (Å²) in [5.74, 6) is 2.30. The van der Waals surface area contributed by atoms with E-state index in [9.17, 15) is 8.42 Å². The Labute approximate surface area is 182 Å². The van der Waals surface area contributed by atoms with Crippen LogP contribution in [0.15, 0.2) is 60.7 Å². The van der Waals surface area contributed by atoms with E-state index in [4.69, 9.17) is 15.2 Å². The number of ether oxygens (including phenoxy) is 2. The second-order valence-electron chi connectivity index (χ2n) is 6.81. The number of rotatable bonds is 10. The van der Waals surface area contributed by atoms with E-state index >= 15 is 0 Å². The van der Waals surface area contributed by atoms with Crippen molar-refractivity contribution in [2.24, 2.45) is 5.73 Å². The second-order valence-corrected chi connectivity index (χ2v) is 8.74. The third kappa shape index (κ3) is 6.68. The molecule has 0 atom stereocenters. The van der Waals surface area contributed by atoms with Crippen LogP contribution in [0.2, 0.25) is 0 Å². The first-order valence-corrected chi connectivity index (χ1v) is 11.3. The maximum Gasteiger partial charge on any atom is 0.221 e. The molecule has 0 fully saturated rings. The molecule has 3 aromatic rings. The van der Waals surface area contributed by atoms with Crippen molar-refractivity contribution in [1.29, 1.82) is 0 Å². The van der Waals surface area contributed by atoms with Crippen LogP contribution in [0.1, 0.15) is 16.7 Å². The van der Waals surface area contributed by atoms with Gasteiger partial charge in [-0.1, -0.05) is 24.3 Å². The van der Waals surface area contributed by atoms with Gasteiger partial charge in [0.05, 0.1) is 12.9 Å². The molecule has 0 aliphatic carbocycles. The monoisotopic (exact) mass is 442 g/mol. The molecule has 2 aromatic carbocycles. The summed E-state index contributed by atoms with van der Waals surface area (Å²) in [7, 11) is -0.299. The van der Waals surface area contributed by atoms with Gasteiger partial charge in [-0.15, -0.1) is 0 Å². The number of hydrogen-bond acceptors (Lipinski definition) is 7. The van der Waals surface area contributed by atoms with E-state index in [1.54, 1.807) is 37.4 Å². The molecule has 0 spiro atoms. The van der Waals surface area contributed by atoms with Gasteiger partial charge in [-0.05, 0) is 54.1 Å². The SMILES string of the molecule is CNS(=O)(=O)Cc1ccc(Oc2cc(CN)cc(NCc3ccc(OC)cc3)n2)cc1. The molecule has 0 unspecified atom stereocenters. The normalized spacial score (nSPS) is 11.2. The predicted molar refractivity (Wildman–Crippen MR) is 121 cm³/mol. The highest BCUT2D eigenvalue weighted by molar-refractivity contribution is 7.88. The summed E-state index contributed by atoms with van der Waals surface area (Å²) in [5, 5.41) is 3.28. The molecule has 8 nitrogen and oxygen atoms in total. The summed E-state index contributed by atoms with van der Waals surface area (Å²) in [5.41, 5.74) is 8.44. The van der Waals surface area contributed by atoms with Crippen LogP contribution in [0.25, 0.3) is 0 Å². The Hall–Kier alpha value is -3.14. The maximum atomic E-state index is 11.7. The zero-order valence-corrected chi connectivity index (χ0v) is 18.3. The second kappa shape index (κ2) is 10.3.